The summed E-state index contributed by atoms with van der Waals surface area (Å²) in [5.41, 5.74) is -0.672. The molecule has 0 aliphatic heterocycles. The van der Waals surface area contributed by atoms with Gasteiger partial charge in [-0.2, -0.15) is 18.3 Å². The SMILES string of the molecule is Cc1c(NC(=O)c2nn3c(C(F)(F)F)cc(-c4ccc(Br)cc4)nc3c2Br)c(=O)n(-c2ccccc2)n1C. The molecule has 3 heterocycles. The number of hydrogen-bond donors (Lipinski definition) is 1. The van der Waals surface area contributed by atoms with Crippen LogP contribution in [0.3, 0.4) is 0 Å². The summed E-state index contributed by atoms with van der Waals surface area (Å²) in [6.45, 7) is 1.64. The lowest BCUT2D eigenvalue weighted by atomic mass is 10.1. The lowest BCUT2D eigenvalue weighted by Gasteiger charge is -2.11. The lowest BCUT2D eigenvalue weighted by Crippen LogP contribution is -2.23. The number of para-hydroxylation sites is 1. The van der Waals surface area contributed by atoms with E-state index >= 15 is 0 Å². The molecular weight excluding hydrogens is 633 g/mol. The van der Waals surface area contributed by atoms with Crippen LogP contribution in [0.4, 0.5) is 18.9 Å². The predicted octanol–water partition coefficient (Wildman–Crippen LogP) is 5.99. The maximum atomic E-state index is 14.0. The molecule has 5 rings (SSSR count). The molecular formula is C25H17Br2F3N6O2. The van der Waals surface area contributed by atoms with Gasteiger partial charge in [0.2, 0.25) is 0 Å². The number of aromatic nitrogens is 5. The smallest absolute Gasteiger partial charge is 0.314 e. The monoisotopic (exact) mass is 648 g/mol. The number of anilines is 1. The largest absolute Gasteiger partial charge is 0.433 e. The van der Waals surface area contributed by atoms with Crippen LogP contribution in [0.2, 0.25) is 0 Å². The van der Waals surface area contributed by atoms with Gasteiger partial charge in [0.1, 0.15) is 5.69 Å². The summed E-state index contributed by atoms with van der Waals surface area (Å²) >= 11 is 6.51. The van der Waals surface area contributed by atoms with Gasteiger partial charge in [0.05, 0.1) is 21.5 Å². The van der Waals surface area contributed by atoms with Crippen LogP contribution in [-0.2, 0) is 13.2 Å². The zero-order chi connectivity index (χ0) is 27.4. The van der Waals surface area contributed by atoms with Gasteiger partial charge in [-0.3, -0.25) is 14.3 Å². The lowest BCUT2D eigenvalue weighted by molar-refractivity contribution is -0.142. The second-order valence-corrected chi connectivity index (χ2v) is 10.0. The Balaban J connectivity index is 1.60. The molecule has 0 spiro atoms. The number of carbonyl (C=O) groups is 1. The van der Waals surface area contributed by atoms with Crippen molar-refractivity contribution in [2.75, 3.05) is 5.32 Å². The number of amides is 1. The number of nitrogens with zero attached hydrogens (tertiary/aromatic N) is 5. The Morgan fingerprint density at radius 2 is 1.68 bits per heavy atom. The van der Waals surface area contributed by atoms with E-state index in [1.807, 2.05) is 0 Å². The fourth-order valence-corrected chi connectivity index (χ4v) is 4.77. The summed E-state index contributed by atoms with van der Waals surface area (Å²) in [6.07, 6.45) is -4.79. The van der Waals surface area contributed by atoms with E-state index in [4.69, 9.17) is 0 Å². The molecule has 13 heteroatoms. The van der Waals surface area contributed by atoms with Gasteiger partial charge in [0.15, 0.2) is 17.0 Å². The molecule has 1 amide bonds. The van der Waals surface area contributed by atoms with Crippen LogP contribution < -0.4 is 10.9 Å². The molecule has 5 aromatic rings. The van der Waals surface area contributed by atoms with Crippen molar-refractivity contribution in [1.82, 2.24) is 24.0 Å². The van der Waals surface area contributed by atoms with Crippen molar-refractivity contribution < 1.29 is 18.0 Å². The van der Waals surface area contributed by atoms with Gasteiger partial charge in [-0.15, -0.1) is 0 Å². The molecule has 0 saturated heterocycles. The Hall–Kier alpha value is -3.71. The third-order valence-electron chi connectivity index (χ3n) is 5.97. The second-order valence-electron chi connectivity index (χ2n) is 8.32. The Morgan fingerprint density at radius 3 is 2.32 bits per heavy atom. The minimum atomic E-state index is -4.79. The van der Waals surface area contributed by atoms with Crippen molar-refractivity contribution in [2.24, 2.45) is 7.05 Å². The van der Waals surface area contributed by atoms with E-state index < -0.39 is 23.3 Å². The molecule has 0 aliphatic carbocycles. The van der Waals surface area contributed by atoms with Gasteiger partial charge in [-0.05, 0) is 53.2 Å². The Bertz CT molecular complexity index is 1760. The summed E-state index contributed by atoms with van der Waals surface area (Å²) in [5.74, 6) is -0.869. The van der Waals surface area contributed by atoms with Crippen LogP contribution in [0.5, 0.6) is 0 Å². The average Bonchev–Trinajstić information content (AvgIpc) is 3.32. The van der Waals surface area contributed by atoms with Crippen molar-refractivity contribution in [3.63, 3.8) is 0 Å². The van der Waals surface area contributed by atoms with E-state index in [1.165, 1.54) is 4.68 Å². The number of fused-ring (bicyclic) bond motifs is 1. The molecule has 0 saturated carbocycles. The number of rotatable bonds is 4. The molecule has 3 aromatic heterocycles. The van der Waals surface area contributed by atoms with E-state index in [9.17, 15) is 22.8 Å². The van der Waals surface area contributed by atoms with Crippen LogP contribution >= 0.6 is 31.9 Å². The number of nitrogens with one attached hydrogen (secondary N) is 1. The molecule has 0 bridgehead atoms. The summed E-state index contributed by atoms with van der Waals surface area (Å²) in [5, 5.41) is 6.45. The number of halogens is 5. The summed E-state index contributed by atoms with van der Waals surface area (Å²) < 4.78 is 46.3. The van der Waals surface area contributed by atoms with Crippen molar-refractivity contribution in [3.8, 4) is 16.9 Å². The summed E-state index contributed by atoms with van der Waals surface area (Å²) in [4.78, 5) is 30.7. The van der Waals surface area contributed by atoms with Crippen LogP contribution in [-0.4, -0.2) is 29.9 Å². The quantitative estimate of drug-likeness (QED) is 0.259. The Labute approximate surface area is 230 Å². The number of hydrogen-bond acceptors (Lipinski definition) is 4. The molecule has 1 N–H and O–H groups in total. The van der Waals surface area contributed by atoms with Gasteiger partial charge < -0.3 is 5.32 Å². The highest BCUT2D eigenvalue weighted by molar-refractivity contribution is 9.11. The fraction of sp³-hybridized carbons (Fsp3) is 0.120. The summed E-state index contributed by atoms with van der Waals surface area (Å²) in [7, 11) is 1.66. The molecule has 38 heavy (non-hydrogen) atoms. The van der Waals surface area contributed by atoms with E-state index in [-0.39, 0.29) is 27.2 Å². The highest BCUT2D eigenvalue weighted by Gasteiger charge is 2.37. The Morgan fingerprint density at radius 1 is 1.03 bits per heavy atom. The first-order valence-corrected chi connectivity index (χ1v) is 12.6. The molecule has 0 fully saturated rings. The molecule has 0 radical (unpaired) electrons. The molecule has 0 aliphatic rings. The second kappa shape index (κ2) is 9.55. The van der Waals surface area contributed by atoms with Crippen molar-refractivity contribution >= 4 is 49.1 Å². The summed E-state index contributed by atoms with van der Waals surface area (Å²) in [6, 6.07) is 16.3. The predicted molar refractivity (Wildman–Crippen MR) is 143 cm³/mol. The van der Waals surface area contributed by atoms with Crippen LogP contribution in [0.25, 0.3) is 22.6 Å². The number of benzene rings is 2. The maximum Gasteiger partial charge on any atom is 0.433 e. The topological polar surface area (TPSA) is 86.2 Å². The first-order chi connectivity index (χ1) is 18.0. The third kappa shape index (κ3) is 4.45. The Kier molecular flexibility index (Phi) is 6.51. The highest BCUT2D eigenvalue weighted by Crippen LogP contribution is 2.35. The van der Waals surface area contributed by atoms with Crippen LogP contribution in [0.15, 0.2) is 74.4 Å². The molecule has 0 unspecified atom stereocenters. The number of alkyl halides is 3. The molecule has 194 valence electrons. The first kappa shape index (κ1) is 25.9. The fourth-order valence-electron chi connectivity index (χ4n) is 3.99. The van der Waals surface area contributed by atoms with E-state index in [1.54, 1.807) is 73.3 Å². The highest BCUT2D eigenvalue weighted by atomic mass is 79.9. The number of carbonyl (C=O) groups excluding carboxylic acids is 1. The van der Waals surface area contributed by atoms with E-state index in [0.717, 1.165) is 10.5 Å². The zero-order valence-electron chi connectivity index (χ0n) is 19.7. The third-order valence-corrected chi connectivity index (χ3v) is 7.23. The van der Waals surface area contributed by atoms with Crippen molar-refractivity contribution in [3.05, 3.63) is 97.0 Å². The van der Waals surface area contributed by atoms with E-state index in [2.05, 4.69) is 47.3 Å². The standard InChI is InChI=1S/C25H17Br2F3N6O2/c1-13-20(24(38)36(34(13)2)16-6-4-3-5-7-16)32-23(37)21-19(27)22-31-17(14-8-10-15(26)11-9-14)12-18(25(28,29)30)35(22)33-21/h3-12H,1-2H3,(H,32,37). The van der Waals surface area contributed by atoms with Crippen LogP contribution in [0, 0.1) is 6.92 Å². The zero-order valence-corrected chi connectivity index (χ0v) is 22.9. The van der Waals surface area contributed by atoms with Gasteiger partial charge in [0, 0.05) is 17.1 Å². The van der Waals surface area contributed by atoms with Gasteiger partial charge in [-0.1, -0.05) is 46.3 Å². The molecule has 2 aromatic carbocycles. The molecule has 8 nitrogen and oxygen atoms in total. The van der Waals surface area contributed by atoms with E-state index in [0.29, 0.717) is 21.5 Å². The molecule has 0 atom stereocenters. The van der Waals surface area contributed by atoms with Gasteiger partial charge in [-0.25, -0.2) is 14.2 Å². The van der Waals surface area contributed by atoms with Crippen molar-refractivity contribution in [2.45, 2.75) is 13.1 Å². The maximum absolute atomic E-state index is 14.0. The normalized spacial score (nSPS) is 11.8. The van der Waals surface area contributed by atoms with Crippen LogP contribution in [0.1, 0.15) is 21.9 Å². The minimum Gasteiger partial charge on any atom is -0.314 e. The van der Waals surface area contributed by atoms with Crippen molar-refractivity contribution in [1.29, 1.82) is 0 Å². The first-order valence-electron chi connectivity index (χ1n) is 11.0. The van der Waals surface area contributed by atoms with Gasteiger partial charge >= 0.3 is 6.18 Å². The minimum absolute atomic E-state index is 0.0233. The average molecular weight is 650 g/mol. The van der Waals surface area contributed by atoms with Gasteiger partial charge in [0.25, 0.3) is 11.5 Å².